The molecule has 1 heteroatoms. The highest BCUT2D eigenvalue weighted by Gasteiger charge is 2.40. The van der Waals surface area contributed by atoms with Crippen molar-refractivity contribution in [3.05, 3.63) is 160 Å². The van der Waals surface area contributed by atoms with Crippen LogP contribution in [-0.4, -0.2) is 0 Å². The quantitative estimate of drug-likeness (QED) is 0.168. The van der Waals surface area contributed by atoms with E-state index in [1.165, 1.54) is 89.4 Å². The fourth-order valence-electron chi connectivity index (χ4n) is 9.18. The van der Waals surface area contributed by atoms with Crippen LogP contribution in [0.15, 0.2) is 121 Å². The third-order valence-electron chi connectivity index (χ3n) is 12.4. The number of fused-ring (bicyclic) bond motifs is 6. The van der Waals surface area contributed by atoms with Gasteiger partial charge >= 0.3 is 0 Å². The van der Waals surface area contributed by atoms with Crippen molar-refractivity contribution >= 4 is 17.1 Å². The van der Waals surface area contributed by atoms with Crippen molar-refractivity contribution in [3.8, 4) is 33.4 Å². The largest absolute Gasteiger partial charge is 0.310 e. The van der Waals surface area contributed by atoms with E-state index in [9.17, 15) is 0 Å². The monoisotopic (exact) mass is 693 g/mol. The highest BCUT2D eigenvalue weighted by atomic mass is 15.1. The Bertz CT molecular complexity index is 2380. The molecular formula is C52H55N. The summed E-state index contributed by atoms with van der Waals surface area (Å²) in [6.07, 6.45) is 0. The van der Waals surface area contributed by atoms with Gasteiger partial charge in [0.25, 0.3) is 0 Å². The minimum atomic E-state index is -0.133. The van der Waals surface area contributed by atoms with Crippen LogP contribution >= 0.6 is 0 Å². The Kier molecular flexibility index (Phi) is 8.19. The Hall–Kier alpha value is -4.88. The molecule has 268 valence electrons. The lowest BCUT2D eigenvalue weighted by Crippen LogP contribution is -2.18. The SMILES string of the molecule is CC(C)c1ccc(-c2cc(C(C)C)ccc2N(c2ccc3c(c2)C(C)(C)c2ccccc2-3)c2ccc3c(c2)C(C)(C)c2cccc(C(C)(C)C)c2-3)cc1. The second kappa shape index (κ2) is 12.3. The third kappa shape index (κ3) is 5.58. The van der Waals surface area contributed by atoms with Crippen LogP contribution in [0.25, 0.3) is 33.4 Å². The second-order valence-electron chi connectivity index (χ2n) is 18.3. The first-order chi connectivity index (χ1) is 25.1. The van der Waals surface area contributed by atoms with E-state index in [-0.39, 0.29) is 16.2 Å². The first kappa shape index (κ1) is 35.2. The highest BCUT2D eigenvalue weighted by Crippen LogP contribution is 2.55. The molecule has 0 saturated carbocycles. The molecule has 0 aromatic heterocycles. The molecule has 0 aliphatic heterocycles. The first-order valence-electron chi connectivity index (χ1n) is 19.7. The molecule has 0 saturated heterocycles. The van der Waals surface area contributed by atoms with Crippen LogP contribution in [0.2, 0.25) is 0 Å². The number of benzene rings is 6. The minimum Gasteiger partial charge on any atom is -0.310 e. The lowest BCUT2D eigenvalue weighted by atomic mass is 9.79. The van der Waals surface area contributed by atoms with Gasteiger partial charge in [-0.05, 0) is 120 Å². The molecule has 2 aliphatic carbocycles. The summed E-state index contributed by atoms with van der Waals surface area (Å²) in [6, 6.07) is 46.8. The van der Waals surface area contributed by atoms with E-state index in [4.69, 9.17) is 0 Å². The Labute approximate surface area is 318 Å². The van der Waals surface area contributed by atoms with Crippen LogP contribution in [0.3, 0.4) is 0 Å². The molecule has 8 rings (SSSR count). The minimum absolute atomic E-state index is 0.0424. The number of nitrogens with zero attached hydrogens (tertiary/aromatic N) is 1. The molecule has 0 amide bonds. The topological polar surface area (TPSA) is 3.24 Å². The molecule has 0 N–H and O–H groups in total. The fourth-order valence-corrected chi connectivity index (χ4v) is 9.18. The summed E-state index contributed by atoms with van der Waals surface area (Å²) in [5.41, 5.74) is 21.1. The van der Waals surface area contributed by atoms with Gasteiger partial charge in [0.05, 0.1) is 5.69 Å². The van der Waals surface area contributed by atoms with E-state index < -0.39 is 0 Å². The van der Waals surface area contributed by atoms with Gasteiger partial charge in [-0.15, -0.1) is 0 Å². The van der Waals surface area contributed by atoms with Gasteiger partial charge in [-0.1, -0.05) is 161 Å². The highest BCUT2D eigenvalue weighted by molar-refractivity contribution is 5.93. The fraction of sp³-hybridized carbons (Fsp3) is 0.308. The van der Waals surface area contributed by atoms with Crippen LogP contribution in [0.1, 0.15) is 127 Å². The zero-order valence-corrected chi connectivity index (χ0v) is 33.6. The first-order valence-corrected chi connectivity index (χ1v) is 19.7. The molecule has 53 heavy (non-hydrogen) atoms. The Balaban J connectivity index is 1.38. The van der Waals surface area contributed by atoms with Crippen LogP contribution in [-0.2, 0) is 16.2 Å². The van der Waals surface area contributed by atoms with Crippen LogP contribution in [0, 0.1) is 0 Å². The molecule has 2 aliphatic rings. The maximum absolute atomic E-state index is 2.54. The maximum Gasteiger partial charge on any atom is 0.0540 e. The van der Waals surface area contributed by atoms with Crippen molar-refractivity contribution in [2.24, 2.45) is 0 Å². The summed E-state index contributed by atoms with van der Waals surface area (Å²) in [6.45, 7) is 25.7. The smallest absolute Gasteiger partial charge is 0.0540 e. The van der Waals surface area contributed by atoms with Crippen molar-refractivity contribution in [1.82, 2.24) is 0 Å². The molecular weight excluding hydrogens is 639 g/mol. The van der Waals surface area contributed by atoms with Gasteiger partial charge in [0.1, 0.15) is 0 Å². The standard InChI is InChI=1S/C52H55N/c1-32(2)34-19-21-35(22-20-34)42-29-36(33(3)4)23-28-48(42)53(37-24-26-40-39-15-12-13-16-43(39)51(8,9)46(40)30-37)38-25-27-41-47(31-38)52(10,11)45-18-14-17-44(49(41)45)50(5,6)7/h12-33H,1-11H3. The molecule has 6 aromatic carbocycles. The van der Waals surface area contributed by atoms with Crippen molar-refractivity contribution in [2.75, 3.05) is 4.90 Å². The Morgan fingerprint density at radius 1 is 0.472 bits per heavy atom. The van der Waals surface area contributed by atoms with Crippen LogP contribution < -0.4 is 4.90 Å². The predicted molar refractivity (Wildman–Crippen MR) is 229 cm³/mol. The van der Waals surface area contributed by atoms with Gasteiger partial charge in [0.2, 0.25) is 0 Å². The average molecular weight is 694 g/mol. The lowest BCUT2D eigenvalue weighted by Gasteiger charge is -2.31. The maximum atomic E-state index is 2.54. The van der Waals surface area contributed by atoms with Gasteiger partial charge in [-0.25, -0.2) is 0 Å². The zero-order chi connectivity index (χ0) is 37.6. The van der Waals surface area contributed by atoms with E-state index in [2.05, 4.69) is 202 Å². The summed E-state index contributed by atoms with van der Waals surface area (Å²) in [7, 11) is 0. The van der Waals surface area contributed by atoms with E-state index >= 15 is 0 Å². The molecule has 0 unspecified atom stereocenters. The molecule has 0 radical (unpaired) electrons. The van der Waals surface area contributed by atoms with Gasteiger partial charge in [0, 0.05) is 27.8 Å². The summed E-state index contributed by atoms with van der Waals surface area (Å²) in [5.74, 6) is 0.903. The molecule has 1 nitrogen and oxygen atoms in total. The lowest BCUT2D eigenvalue weighted by molar-refractivity contribution is 0.589. The zero-order valence-electron chi connectivity index (χ0n) is 33.6. The van der Waals surface area contributed by atoms with Crippen molar-refractivity contribution in [1.29, 1.82) is 0 Å². The van der Waals surface area contributed by atoms with Crippen LogP contribution in [0.5, 0.6) is 0 Å². The van der Waals surface area contributed by atoms with Crippen molar-refractivity contribution < 1.29 is 0 Å². The van der Waals surface area contributed by atoms with Gasteiger partial charge in [0.15, 0.2) is 0 Å². The van der Waals surface area contributed by atoms with Gasteiger partial charge < -0.3 is 4.90 Å². The summed E-state index contributed by atoms with van der Waals surface area (Å²) in [4.78, 5) is 2.54. The summed E-state index contributed by atoms with van der Waals surface area (Å²) >= 11 is 0. The number of hydrogen-bond donors (Lipinski definition) is 0. The number of rotatable bonds is 6. The molecule has 0 heterocycles. The van der Waals surface area contributed by atoms with Crippen LogP contribution in [0.4, 0.5) is 17.1 Å². The Morgan fingerprint density at radius 3 is 1.66 bits per heavy atom. The van der Waals surface area contributed by atoms with Crippen molar-refractivity contribution in [2.45, 2.75) is 104 Å². The summed E-state index contributed by atoms with van der Waals surface area (Å²) in [5, 5.41) is 0. The number of anilines is 3. The van der Waals surface area contributed by atoms with E-state index in [0.717, 1.165) is 0 Å². The molecule has 0 atom stereocenters. The average Bonchev–Trinajstić information content (AvgIpc) is 3.50. The molecule has 0 bridgehead atoms. The number of hydrogen-bond acceptors (Lipinski definition) is 1. The molecule has 6 aromatic rings. The Morgan fingerprint density at radius 2 is 1.02 bits per heavy atom. The third-order valence-corrected chi connectivity index (χ3v) is 12.4. The van der Waals surface area contributed by atoms with Gasteiger partial charge in [-0.2, -0.15) is 0 Å². The van der Waals surface area contributed by atoms with E-state index in [1.807, 2.05) is 0 Å². The second-order valence-corrected chi connectivity index (χ2v) is 18.3. The van der Waals surface area contributed by atoms with E-state index in [0.29, 0.717) is 11.8 Å². The van der Waals surface area contributed by atoms with Crippen molar-refractivity contribution in [3.63, 3.8) is 0 Å². The van der Waals surface area contributed by atoms with Gasteiger partial charge in [-0.3, -0.25) is 0 Å². The van der Waals surface area contributed by atoms with E-state index in [1.54, 1.807) is 0 Å². The molecule has 0 fully saturated rings. The predicted octanol–water partition coefficient (Wildman–Crippen LogP) is 15.0. The molecule has 0 spiro atoms. The summed E-state index contributed by atoms with van der Waals surface area (Å²) < 4.78 is 0. The normalized spacial score (nSPS) is 15.0.